The number of esters is 1. The lowest BCUT2D eigenvalue weighted by Gasteiger charge is -2.23. The van der Waals surface area contributed by atoms with Crippen LogP contribution in [0.5, 0.6) is 5.75 Å². The SMILES string of the molecule is Cc1c(OC(=O)[C@@H](Cc2c[nH]c3ccccc23)NC(=O)OC(C)(C)C)ccc2c1oc(=O)c1ccccc12. The van der Waals surface area contributed by atoms with E-state index in [-0.39, 0.29) is 12.2 Å². The summed E-state index contributed by atoms with van der Waals surface area (Å²) in [6.07, 6.45) is 1.25. The lowest BCUT2D eigenvalue weighted by Crippen LogP contribution is -2.46. The number of nitrogens with one attached hydrogen (secondary N) is 2. The van der Waals surface area contributed by atoms with Crippen LogP contribution in [0.15, 0.2) is 76.1 Å². The number of carbonyl (C=O) groups excluding carboxylic acids is 2. The van der Waals surface area contributed by atoms with Gasteiger partial charge in [-0.25, -0.2) is 14.4 Å². The molecule has 3 aromatic carbocycles. The Morgan fingerprint density at radius 3 is 2.37 bits per heavy atom. The maximum Gasteiger partial charge on any atom is 0.408 e. The van der Waals surface area contributed by atoms with Gasteiger partial charge >= 0.3 is 17.7 Å². The quantitative estimate of drug-likeness (QED) is 0.134. The first-order valence-corrected chi connectivity index (χ1v) is 12.3. The van der Waals surface area contributed by atoms with Crippen LogP contribution in [0, 0.1) is 6.92 Å². The standard InChI is InChI=1S/C30H28N2O6/c1-17-25(14-13-21-20-10-5-6-11-22(20)27(33)37-26(17)21)36-28(34)24(32-29(35)38-30(2,3)4)15-18-16-31-23-12-8-7-9-19(18)23/h5-14,16,24,31H,15H2,1-4H3,(H,32,35)/t24-/m1/s1. The fraction of sp³-hybridized carbons (Fsp3) is 0.233. The molecule has 1 amide bonds. The molecule has 8 heteroatoms. The molecule has 0 saturated heterocycles. The highest BCUT2D eigenvalue weighted by Gasteiger charge is 2.28. The van der Waals surface area contributed by atoms with Gasteiger partial charge in [0.15, 0.2) is 0 Å². The van der Waals surface area contributed by atoms with Crippen LogP contribution in [0.3, 0.4) is 0 Å². The summed E-state index contributed by atoms with van der Waals surface area (Å²) >= 11 is 0. The van der Waals surface area contributed by atoms with E-state index >= 15 is 0 Å². The molecule has 0 spiro atoms. The van der Waals surface area contributed by atoms with Gasteiger partial charge in [0.1, 0.15) is 23.0 Å². The average molecular weight is 513 g/mol. The number of aromatic amines is 1. The molecule has 5 aromatic rings. The predicted octanol–water partition coefficient (Wildman–Crippen LogP) is 5.78. The topological polar surface area (TPSA) is 111 Å². The molecule has 0 unspecified atom stereocenters. The first-order valence-electron chi connectivity index (χ1n) is 12.3. The Labute approximate surface area is 218 Å². The van der Waals surface area contributed by atoms with Gasteiger partial charge in [-0.1, -0.05) is 36.4 Å². The Hall–Kier alpha value is -4.59. The molecule has 5 rings (SSSR count). The zero-order valence-corrected chi connectivity index (χ0v) is 21.6. The minimum absolute atomic E-state index is 0.175. The number of benzene rings is 3. The van der Waals surface area contributed by atoms with Gasteiger partial charge in [0.2, 0.25) is 0 Å². The van der Waals surface area contributed by atoms with Crippen molar-refractivity contribution < 1.29 is 23.5 Å². The Morgan fingerprint density at radius 2 is 1.63 bits per heavy atom. The number of H-pyrrole nitrogens is 1. The normalized spacial score (nSPS) is 12.5. The van der Waals surface area contributed by atoms with E-state index in [0.29, 0.717) is 16.5 Å². The molecular weight excluding hydrogens is 484 g/mol. The van der Waals surface area contributed by atoms with Crippen molar-refractivity contribution >= 4 is 44.7 Å². The van der Waals surface area contributed by atoms with Crippen LogP contribution in [0.1, 0.15) is 31.9 Å². The highest BCUT2D eigenvalue weighted by molar-refractivity contribution is 6.05. The third-order valence-corrected chi connectivity index (χ3v) is 6.27. The molecule has 0 saturated carbocycles. The molecule has 8 nitrogen and oxygen atoms in total. The fourth-order valence-corrected chi connectivity index (χ4v) is 4.51. The predicted molar refractivity (Wildman–Crippen MR) is 146 cm³/mol. The number of ether oxygens (including phenoxy) is 2. The third kappa shape index (κ3) is 4.98. The van der Waals surface area contributed by atoms with E-state index in [1.807, 2.05) is 42.6 Å². The van der Waals surface area contributed by atoms with Crippen molar-refractivity contribution in [1.82, 2.24) is 10.3 Å². The average Bonchev–Trinajstić information content (AvgIpc) is 3.27. The van der Waals surface area contributed by atoms with Crippen molar-refractivity contribution in [2.45, 2.75) is 45.8 Å². The second-order valence-electron chi connectivity index (χ2n) is 10.2. The van der Waals surface area contributed by atoms with Gasteiger partial charge in [-0.05, 0) is 62.9 Å². The first kappa shape index (κ1) is 25.1. The molecule has 0 aliphatic rings. The summed E-state index contributed by atoms with van der Waals surface area (Å²) in [6.45, 7) is 6.96. The molecule has 0 fully saturated rings. The van der Waals surface area contributed by atoms with Crippen molar-refractivity contribution in [1.29, 1.82) is 0 Å². The summed E-state index contributed by atoms with van der Waals surface area (Å²) in [5, 5.41) is 5.57. The van der Waals surface area contributed by atoms with E-state index in [1.54, 1.807) is 52.0 Å². The molecule has 0 aliphatic carbocycles. The Balaban J connectivity index is 1.48. The highest BCUT2D eigenvalue weighted by atomic mass is 16.6. The minimum Gasteiger partial charge on any atom is -0.444 e. The van der Waals surface area contributed by atoms with Gasteiger partial charge in [-0.3, -0.25) is 0 Å². The number of hydrogen-bond acceptors (Lipinski definition) is 6. The van der Waals surface area contributed by atoms with E-state index in [2.05, 4.69) is 10.3 Å². The van der Waals surface area contributed by atoms with Crippen molar-refractivity contribution in [2.75, 3.05) is 0 Å². The molecule has 2 heterocycles. The largest absolute Gasteiger partial charge is 0.444 e. The second-order valence-corrected chi connectivity index (χ2v) is 10.2. The molecule has 0 bridgehead atoms. The minimum atomic E-state index is -1.04. The third-order valence-electron chi connectivity index (χ3n) is 6.27. The maximum absolute atomic E-state index is 13.4. The number of rotatable bonds is 5. The zero-order valence-electron chi connectivity index (χ0n) is 21.6. The molecule has 2 N–H and O–H groups in total. The molecule has 0 radical (unpaired) electrons. The smallest absolute Gasteiger partial charge is 0.408 e. The van der Waals surface area contributed by atoms with Crippen molar-refractivity contribution in [3.05, 3.63) is 88.4 Å². The van der Waals surface area contributed by atoms with Crippen LogP contribution >= 0.6 is 0 Å². The summed E-state index contributed by atoms with van der Waals surface area (Å²) < 4.78 is 16.8. The van der Waals surface area contributed by atoms with Gasteiger partial charge in [-0.2, -0.15) is 0 Å². The van der Waals surface area contributed by atoms with Gasteiger partial charge in [0, 0.05) is 34.5 Å². The fourth-order valence-electron chi connectivity index (χ4n) is 4.51. The van der Waals surface area contributed by atoms with E-state index in [9.17, 15) is 14.4 Å². The summed E-state index contributed by atoms with van der Waals surface area (Å²) in [5.74, 6) is -0.442. The molecule has 38 heavy (non-hydrogen) atoms. The lowest BCUT2D eigenvalue weighted by atomic mass is 10.0. The van der Waals surface area contributed by atoms with Crippen molar-refractivity contribution in [3.63, 3.8) is 0 Å². The Morgan fingerprint density at radius 1 is 0.947 bits per heavy atom. The van der Waals surface area contributed by atoms with Crippen molar-refractivity contribution in [2.24, 2.45) is 0 Å². The Kier molecular flexibility index (Phi) is 6.40. The number of aryl methyl sites for hydroxylation is 1. The van der Waals surface area contributed by atoms with E-state index in [4.69, 9.17) is 13.9 Å². The van der Waals surface area contributed by atoms with Crippen LogP contribution in [0.2, 0.25) is 0 Å². The van der Waals surface area contributed by atoms with Crippen LogP contribution in [-0.2, 0) is 16.0 Å². The van der Waals surface area contributed by atoms with Crippen molar-refractivity contribution in [3.8, 4) is 5.75 Å². The summed E-state index contributed by atoms with van der Waals surface area (Å²) in [7, 11) is 0. The maximum atomic E-state index is 13.4. The van der Waals surface area contributed by atoms with Crippen LogP contribution in [-0.4, -0.2) is 28.7 Å². The number of hydrogen-bond donors (Lipinski definition) is 2. The molecule has 0 aliphatic heterocycles. The summed E-state index contributed by atoms with van der Waals surface area (Å²) in [6, 6.07) is 17.3. The van der Waals surface area contributed by atoms with Crippen LogP contribution in [0.4, 0.5) is 4.79 Å². The number of fused-ring (bicyclic) bond motifs is 4. The van der Waals surface area contributed by atoms with Gasteiger partial charge in [-0.15, -0.1) is 0 Å². The van der Waals surface area contributed by atoms with E-state index in [0.717, 1.165) is 27.2 Å². The summed E-state index contributed by atoms with van der Waals surface area (Å²) in [5.41, 5.74) is 1.39. The van der Waals surface area contributed by atoms with Crippen LogP contribution < -0.4 is 15.7 Å². The molecule has 194 valence electrons. The highest BCUT2D eigenvalue weighted by Crippen LogP contribution is 2.31. The summed E-state index contributed by atoms with van der Waals surface area (Å²) in [4.78, 5) is 41.8. The van der Waals surface area contributed by atoms with Crippen LogP contribution in [0.25, 0.3) is 32.6 Å². The first-order chi connectivity index (χ1) is 18.1. The number of carbonyl (C=O) groups is 2. The molecule has 2 aromatic heterocycles. The monoisotopic (exact) mass is 512 g/mol. The van der Waals surface area contributed by atoms with Gasteiger partial charge < -0.3 is 24.2 Å². The number of aromatic nitrogens is 1. The number of amides is 1. The van der Waals surface area contributed by atoms with Gasteiger partial charge in [0.25, 0.3) is 0 Å². The molecule has 1 atom stereocenters. The molecular formula is C30H28N2O6. The number of alkyl carbamates (subject to hydrolysis) is 1. The second kappa shape index (κ2) is 9.70. The van der Waals surface area contributed by atoms with E-state index in [1.165, 1.54) is 0 Å². The van der Waals surface area contributed by atoms with Gasteiger partial charge in [0.05, 0.1) is 5.39 Å². The lowest BCUT2D eigenvalue weighted by molar-refractivity contribution is -0.136. The zero-order chi connectivity index (χ0) is 27.0. The Bertz CT molecular complexity index is 1740. The number of para-hydroxylation sites is 1. The van der Waals surface area contributed by atoms with E-state index < -0.39 is 29.3 Å².